The highest BCUT2D eigenvalue weighted by Gasteiger charge is 2.59. The second-order valence-corrected chi connectivity index (χ2v) is 20.4. The minimum absolute atomic E-state index is 0.00339. The lowest BCUT2D eigenvalue weighted by atomic mass is 9.83. The van der Waals surface area contributed by atoms with Crippen LogP contribution < -0.4 is 11.4 Å². The van der Waals surface area contributed by atoms with Crippen LogP contribution in [0.3, 0.4) is 0 Å². The van der Waals surface area contributed by atoms with E-state index in [4.69, 9.17) is 14.4 Å². The van der Waals surface area contributed by atoms with E-state index in [0.717, 1.165) is 49.4 Å². The molecule has 15 nitrogen and oxygen atoms in total. The van der Waals surface area contributed by atoms with Gasteiger partial charge in [0.2, 0.25) is 0 Å². The third-order valence-corrected chi connectivity index (χ3v) is 15.5. The molecule has 0 radical (unpaired) electrons. The van der Waals surface area contributed by atoms with E-state index in [0.29, 0.717) is 76.7 Å². The van der Waals surface area contributed by atoms with Crippen LogP contribution in [-0.2, 0) is 16.7 Å². The quantitative estimate of drug-likeness (QED) is 0.151. The number of carbonyl (C=O) groups excluding carboxylic acids is 1. The van der Waals surface area contributed by atoms with Crippen LogP contribution in [0.1, 0.15) is 135 Å². The number of ether oxygens (including phenoxy) is 1. The number of nitrogens with one attached hydrogen (secondary N) is 1. The van der Waals surface area contributed by atoms with E-state index in [1.807, 2.05) is 27.1 Å². The maximum absolute atomic E-state index is 16.5. The maximum Gasteiger partial charge on any atom is 0.438 e. The Morgan fingerprint density at radius 3 is 2.43 bits per heavy atom. The molecule has 1 N–H and O–H groups in total. The number of hydrogen-bond acceptors (Lipinski definition) is 8. The molecule has 7 heterocycles. The number of aromatic nitrogens is 9. The van der Waals surface area contributed by atoms with Gasteiger partial charge >= 0.3 is 11.4 Å². The van der Waals surface area contributed by atoms with E-state index in [9.17, 15) is 9.59 Å². The summed E-state index contributed by atoms with van der Waals surface area (Å²) < 4.78 is 51.2. The monoisotopic (exact) mass is 920 g/mol. The molecule has 8 aromatic rings. The van der Waals surface area contributed by atoms with Gasteiger partial charge in [0.05, 0.1) is 51.9 Å². The average Bonchev–Trinajstić information content (AvgIpc) is 4.26. The number of H-pyrrole nitrogens is 1. The van der Waals surface area contributed by atoms with Crippen molar-refractivity contribution < 1.29 is 22.8 Å². The van der Waals surface area contributed by atoms with E-state index in [1.165, 1.54) is 33.2 Å². The highest BCUT2D eigenvalue weighted by atomic mass is 19.1. The first kappa shape index (κ1) is 41.3. The smallest absolute Gasteiger partial charge is 0.376 e. The molecular weight excluding hydrogens is 871 g/mol. The van der Waals surface area contributed by atoms with Gasteiger partial charge in [-0.25, -0.2) is 23.1 Å². The highest BCUT2D eigenvalue weighted by molar-refractivity contribution is 6.00. The van der Waals surface area contributed by atoms with Crippen molar-refractivity contribution in [3.05, 3.63) is 140 Å². The first-order valence-electron chi connectivity index (χ1n) is 23.8. The van der Waals surface area contributed by atoms with E-state index in [2.05, 4.69) is 54.2 Å². The van der Waals surface area contributed by atoms with Gasteiger partial charge in [-0.15, -0.1) is 0 Å². The molecule has 3 saturated carbocycles. The summed E-state index contributed by atoms with van der Waals surface area (Å²) in [5.74, 6) is -0.666. The summed E-state index contributed by atoms with van der Waals surface area (Å²) in [5, 5.41) is 15.0. The molecule has 3 aliphatic carbocycles. The predicted octanol–water partition coefficient (Wildman–Crippen LogP) is 8.50. The van der Waals surface area contributed by atoms with Crippen LogP contribution in [0.4, 0.5) is 8.78 Å². The molecule has 5 aromatic heterocycles. The van der Waals surface area contributed by atoms with Crippen LogP contribution in [0, 0.1) is 17.6 Å². The number of amides is 1. The molecule has 17 heteroatoms. The second-order valence-electron chi connectivity index (χ2n) is 20.4. The SMILES string of the molecule is C[C@H]1c2c(nn(-c3ccc(F)c(C4CC4)c3)c2-n2ccn(-c3ccc4c(cnn4C4CC4)c3F)c2=O)CCN1C(=O)c1cc2cc([C@H]3CCOC(C)(C)C3)ccc2n1[C@@]1(c2noc(=O)[nH]2)C[C@@H]1C. The van der Waals surface area contributed by atoms with Crippen LogP contribution in [0.5, 0.6) is 0 Å². The number of nitrogens with zero attached hydrogens (tertiary/aromatic N) is 9. The summed E-state index contributed by atoms with van der Waals surface area (Å²) in [7, 11) is 0. The first-order valence-corrected chi connectivity index (χ1v) is 23.8. The average molecular weight is 921 g/mol. The van der Waals surface area contributed by atoms with Crippen LogP contribution in [-0.4, -0.2) is 73.0 Å². The van der Waals surface area contributed by atoms with Gasteiger partial charge in [0.15, 0.2) is 11.6 Å². The minimum atomic E-state index is -0.853. The molecule has 68 heavy (non-hydrogen) atoms. The maximum atomic E-state index is 16.5. The number of imidazole rings is 1. The Bertz CT molecular complexity index is 3520. The molecule has 0 spiro atoms. The Hall–Kier alpha value is -6.88. The highest BCUT2D eigenvalue weighted by Crippen LogP contribution is 2.56. The Kier molecular flexibility index (Phi) is 8.85. The van der Waals surface area contributed by atoms with Crippen molar-refractivity contribution in [2.24, 2.45) is 5.92 Å². The van der Waals surface area contributed by atoms with Crippen LogP contribution in [0.15, 0.2) is 87.3 Å². The summed E-state index contributed by atoms with van der Waals surface area (Å²) in [5.41, 5.74) is 4.00. The minimum Gasteiger partial charge on any atom is -0.376 e. The molecule has 1 amide bonds. The van der Waals surface area contributed by atoms with Crippen molar-refractivity contribution in [1.82, 2.24) is 48.3 Å². The number of rotatable bonds is 9. The van der Waals surface area contributed by atoms with Crippen molar-refractivity contribution in [3.63, 3.8) is 0 Å². The zero-order chi connectivity index (χ0) is 46.5. The fraction of sp³-hybridized carbons (Fsp3) is 0.412. The van der Waals surface area contributed by atoms with Gasteiger partial charge in [-0.3, -0.25) is 28.1 Å². The first-order chi connectivity index (χ1) is 32.8. The Morgan fingerprint density at radius 1 is 0.897 bits per heavy atom. The van der Waals surface area contributed by atoms with Crippen LogP contribution >= 0.6 is 0 Å². The second kappa shape index (κ2) is 14.6. The molecular formula is C51H50F2N10O5. The van der Waals surface area contributed by atoms with Crippen LogP contribution in [0.2, 0.25) is 0 Å². The standard InChI is InChI=1S/C51H50F2N10O5/c1-27-24-51(27,47-55-48(65)68-57-47)61-39-12-7-30(31-16-20-67-50(3,4)25-31)21-32(39)22-42(61)46(64)58-17-15-38-43(28(58)2)45(63(56-38)34-10-11-37(52)35(23-34)29-5-6-29)60-19-18-59(49(60)66)41-14-13-40-36(44(41)53)26-54-62(40)33-8-9-33/h7,10-14,18-19,21-23,26-29,31,33H,5-6,8-9,15-17,20,24-25H2,1-4H3,(H,55,57,65)/t27-,28-,31-,51-/m0/s1. The topological polar surface area (TPSA) is 156 Å². The van der Waals surface area contributed by atoms with Crippen LogP contribution in [0.25, 0.3) is 39.0 Å². The van der Waals surface area contributed by atoms with E-state index in [-0.39, 0.29) is 46.8 Å². The van der Waals surface area contributed by atoms with Gasteiger partial charge in [0, 0.05) is 48.4 Å². The summed E-state index contributed by atoms with van der Waals surface area (Å²) in [6, 6.07) is 16.3. The predicted molar refractivity (Wildman–Crippen MR) is 247 cm³/mol. The van der Waals surface area contributed by atoms with Gasteiger partial charge in [-0.05, 0) is 143 Å². The van der Waals surface area contributed by atoms with Gasteiger partial charge in [0.25, 0.3) is 5.91 Å². The molecule has 4 atom stereocenters. The van der Waals surface area contributed by atoms with Gasteiger partial charge in [-0.2, -0.15) is 10.2 Å². The molecule has 4 fully saturated rings. The number of aromatic amines is 1. The van der Waals surface area contributed by atoms with Crippen molar-refractivity contribution in [3.8, 4) is 17.2 Å². The lowest BCUT2D eigenvalue weighted by Gasteiger charge is -2.35. The zero-order valence-electron chi connectivity index (χ0n) is 38.2. The van der Waals surface area contributed by atoms with Crippen molar-refractivity contribution in [1.29, 1.82) is 0 Å². The lowest BCUT2D eigenvalue weighted by Crippen LogP contribution is -2.41. The number of benzene rings is 3. The zero-order valence-corrected chi connectivity index (χ0v) is 38.2. The van der Waals surface area contributed by atoms with Gasteiger partial charge < -0.3 is 14.2 Å². The molecule has 2 aliphatic heterocycles. The fourth-order valence-corrected chi connectivity index (χ4v) is 11.6. The van der Waals surface area contributed by atoms with E-state index < -0.39 is 28.8 Å². The van der Waals surface area contributed by atoms with Gasteiger partial charge in [-0.1, -0.05) is 18.1 Å². The molecule has 3 aromatic carbocycles. The third-order valence-electron chi connectivity index (χ3n) is 15.5. The number of halogens is 2. The molecule has 13 rings (SSSR count). The normalized spacial score (nSPS) is 23.4. The number of hydrogen-bond donors (Lipinski definition) is 1. The van der Waals surface area contributed by atoms with E-state index >= 15 is 13.6 Å². The fourth-order valence-electron chi connectivity index (χ4n) is 11.6. The molecule has 348 valence electrons. The lowest BCUT2D eigenvalue weighted by molar-refractivity contribution is -0.0592. The Morgan fingerprint density at radius 2 is 1.69 bits per heavy atom. The molecule has 1 saturated heterocycles. The molecule has 0 unspecified atom stereocenters. The van der Waals surface area contributed by atoms with Gasteiger partial charge in [0.1, 0.15) is 22.9 Å². The summed E-state index contributed by atoms with van der Waals surface area (Å²) >= 11 is 0. The molecule has 0 bridgehead atoms. The molecule has 5 aliphatic rings. The number of fused-ring (bicyclic) bond motifs is 3. The summed E-state index contributed by atoms with van der Waals surface area (Å²) in [6.45, 7) is 9.20. The van der Waals surface area contributed by atoms with Crippen molar-refractivity contribution >= 4 is 27.7 Å². The third kappa shape index (κ3) is 6.22. The number of carbonyl (C=O) groups is 1. The van der Waals surface area contributed by atoms with Crippen molar-refractivity contribution in [2.45, 2.75) is 114 Å². The summed E-state index contributed by atoms with van der Waals surface area (Å²) in [4.78, 5) is 47.6. The Labute approximate surface area is 387 Å². The summed E-state index contributed by atoms with van der Waals surface area (Å²) in [6.07, 6.45) is 11.1. The van der Waals surface area contributed by atoms with Crippen molar-refractivity contribution in [2.75, 3.05) is 13.2 Å². The largest absolute Gasteiger partial charge is 0.438 e. The van der Waals surface area contributed by atoms with E-state index in [1.54, 1.807) is 35.1 Å². The Balaban J connectivity index is 0.945.